The molecule has 1 heterocycles. The van der Waals surface area contributed by atoms with Gasteiger partial charge in [-0.15, -0.1) is 0 Å². The third kappa shape index (κ3) is 4.84. The molecule has 0 aromatic carbocycles. The summed E-state index contributed by atoms with van der Waals surface area (Å²) < 4.78 is 28.7. The predicted octanol–water partition coefficient (Wildman–Crippen LogP) is -0.525. The summed E-state index contributed by atoms with van der Waals surface area (Å²) in [5.41, 5.74) is 0. The van der Waals surface area contributed by atoms with Gasteiger partial charge in [0.15, 0.2) is 0 Å². The van der Waals surface area contributed by atoms with Crippen LogP contribution in [0.5, 0.6) is 0 Å². The Balaban J connectivity index is 2.58. The zero-order valence-electron chi connectivity index (χ0n) is 9.78. The van der Waals surface area contributed by atoms with Crippen LogP contribution in [0, 0.1) is 0 Å². The second kappa shape index (κ2) is 6.41. The fourth-order valence-corrected chi connectivity index (χ4v) is 2.58. The van der Waals surface area contributed by atoms with E-state index in [1.807, 2.05) is 0 Å². The van der Waals surface area contributed by atoms with E-state index in [1.165, 1.54) is 11.0 Å². The van der Waals surface area contributed by atoms with E-state index in [1.54, 1.807) is 0 Å². The Morgan fingerprint density at radius 1 is 1.67 bits per heavy atom. The third-order valence-electron chi connectivity index (χ3n) is 2.47. The number of likely N-dealkylation sites (tertiary alicyclic amines) is 1. The van der Waals surface area contributed by atoms with Gasteiger partial charge >= 0.3 is 6.09 Å². The number of hydrogen-bond donors (Lipinski definition) is 3. The molecule has 0 saturated carbocycles. The molecule has 0 aliphatic carbocycles. The number of carbonyl (C=O) groups is 1. The standard InChI is InChI=1S/C9H17N3O4S2/c1-2-3-16-9(13)12-6-8(17)4-7(12)5-11-18(10,14)15/h2,7-8,11,17H,1,3-6H2,(H2,10,14,15)/t7-,8-/m0/s1. The molecule has 104 valence electrons. The van der Waals surface area contributed by atoms with E-state index in [4.69, 9.17) is 9.88 Å². The minimum absolute atomic E-state index is 0.00596. The third-order valence-corrected chi connectivity index (χ3v) is 3.41. The molecule has 1 rings (SSSR count). The second-order valence-corrected chi connectivity index (χ2v) is 6.06. The first-order valence-electron chi connectivity index (χ1n) is 5.33. The molecule has 0 spiro atoms. The van der Waals surface area contributed by atoms with Crippen molar-refractivity contribution in [2.24, 2.45) is 5.14 Å². The van der Waals surface area contributed by atoms with Gasteiger partial charge in [0, 0.05) is 24.4 Å². The average Bonchev–Trinajstić information content (AvgIpc) is 2.64. The number of nitrogens with one attached hydrogen (secondary N) is 1. The van der Waals surface area contributed by atoms with Crippen LogP contribution in [0.15, 0.2) is 12.7 Å². The monoisotopic (exact) mass is 295 g/mol. The summed E-state index contributed by atoms with van der Waals surface area (Å²) in [6.07, 6.45) is 1.53. The Bertz CT molecular complexity index is 412. The van der Waals surface area contributed by atoms with Crippen LogP contribution in [0.4, 0.5) is 4.79 Å². The molecule has 0 unspecified atom stereocenters. The molecule has 18 heavy (non-hydrogen) atoms. The average molecular weight is 295 g/mol. The maximum Gasteiger partial charge on any atom is 0.410 e. The number of carbonyl (C=O) groups excluding carboxylic acids is 1. The van der Waals surface area contributed by atoms with Crippen LogP contribution >= 0.6 is 12.6 Å². The second-order valence-electron chi connectivity index (χ2n) is 3.95. The molecule has 1 fully saturated rings. The number of hydrogen-bond acceptors (Lipinski definition) is 5. The van der Waals surface area contributed by atoms with Gasteiger partial charge in [-0.25, -0.2) is 14.7 Å². The molecular formula is C9H17N3O4S2. The predicted molar refractivity (Wildman–Crippen MR) is 70.5 cm³/mol. The van der Waals surface area contributed by atoms with Gasteiger partial charge in [0.05, 0.1) is 0 Å². The molecule has 1 aliphatic heterocycles. The molecule has 1 amide bonds. The van der Waals surface area contributed by atoms with Gasteiger partial charge in [0.2, 0.25) is 0 Å². The number of nitrogens with zero attached hydrogens (tertiary/aromatic N) is 1. The number of amides is 1. The summed E-state index contributed by atoms with van der Waals surface area (Å²) >= 11 is 4.28. The molecule has 1 aliphatic rings. The largest absolute Gasteiger partial charge is 0.445 e. The van der Waals surface area contributed by atoms with Crippen molar-refractivity contribution in [2.45, 2.75) is 17.7 Å². The van der Waals surface area contributed by atoms with Crippen LogP contribution < -0.4 is 9.86 Å². The number of ether oxygens (including phenoxy) is 1. The zero-order chi connectivity index (χ0) is 13.8. The highest BCUT2D eigenvalue weighted by molar-refractivity contribution is 7.87. The Morgan fingerprint density at radius 3 is 2.89 bits per heavy atom. The van der Waals surface area contributed by atoms with E-state index in [2.05, 4.69) is 23.9 Å². The minimum Gasteiger partial charge on any atom is -0.445 e. The van der Waals surface area contributed by atoms with Gasteiger partial charge in [0.1, 0.15) is 6.61 Å². The summed E-state index contributed by atoms with van der Waals surface area (Å²) in [5.74, 6) is 0. The topological polar surface area (TPSA) is 102 Å². The molecular weight excluding hydrogens is 278 g/mol. The van der Waals surface area contributed by atoms with Crippen molar-refractivity contribution in [3.63, 3.8) is 0 Å². The van der Waals surface area contributed by atoms with Crippen LogP contribution in [-0.4, -0.2) is 50.4 Å². The lowest BCUT2D eigenvalue weighted by atomic mass is 10.2. The first-order chi connectivity index (χ1) is 8.33. The highest BCUT2D eigenvalue weighted by Crippen LogP contribution is 2.22. The van der Waals surface area contributed by atoms with Gasteiger partial charge in [-0.05, 0) is 6.42 Å². The van der Waals surface area contributed by atoms with Gasteiger partial charge < -0.3 is 9.64 Å². The Kier molecular flexibility index (Phi) is 5.45. The number of rotatable bonds is 5. The van der Waals surface area contributed by atoms with E-state index in [-0.39, 0.29) is 24.4 Å². The summed E-state index contributed by atoms with van der Waals surface area (Å²) in [4.78, 5) is 13.1. The van der Waals surface area contributed by atoms with E-state index in [0.29, 0.717) is 13.0 Å². The van der Waals surface area contributed by atoms with Gasteiger partial charge in [-0.1, -0.05) is 12.7 Å². The summed E-state index contributed by atoms with van der Waals surface area (Å²) in [5, 5.41) is 4.84. The van der Waals surface area contributed by atoms with Crippen molar-refractivity contribution in [2.75, 3.05) is 19.7 Å². The van der Waals surface area contributed by atoms with Gasteiger partial charge in [-0.2, -0.15) is 21.0 Å². The minimum atomic E-state index is -3.77. The van der Waals surface area contributed by atoms with Crippen molar-refractivity contribution in [1.82, 2.24) is 9.62 Å². The molecule has 0 radical (unpaired) electrons. The zero-order valence-corrected chi connectivity index (χ0v) is 11.5. The van der Waals surface area contributed by atoms with E-state index < -0.39 is 16.3 Å². The fraction of sp³-hybridized carbons (Fsp3) is 0.667. The van der Waals surface area contributed by atoms with Crippen LogP contribution in [0.2, 0.25) is 0 Å². The van der Waals surface area contributed by atoms with Crippen LogP contribution in [-0.2, 0) is 14.9 Å². The smallest absolute Gasteiger partial charge is 0.410 e. The maximum atomic E-state index is 11.7. The van der Waals surface area contributed by atoms with Crippen molar-refractivity contribution < 1.29 is 17.9 Å². The lowest BCUT2D eigenvalue weighted by molar-refractivity contribution is 0.108. The lowest BCUT2D eigenvalue weighted by Crippen LogP contribution is -2.44. The molecule has 3 N–H and O–H groups in total. The molecule has 1 saturated heterocycles. The van der Waals surface area contributed by atoms with Crippen LogP contribution in [0.3, 0.4) is 0 Å². The molecule has 0 aromatic rings. The fourth-order valence-electron chi connectivity index (χ4n) is 1.73. The summed E-state index contributed by atoms with van der Waals surface area (Å²) in [7, 11) is -3.77. The molecule has 0 bridgehead atoms. The normalized spacial score (nSPS) is 24.0. The van der Waals surface area contributed by atoms with Crippen LogP contribution in [0.1, 0.15) is 6.42 Å². The van der Waals surface area contributed by atoms with E-state index in [9.17, 15) is 13.2 Å². The number of nitrogens with two attached hydrogens (primary N) is 1. The molecule has 2 atom stereocenters. The summed E-state index contributed by atoms with van der Waals surface area (Å²) in [6.45, 7) is 4.02. The van der Waals surface area contributed by atoms with Crippen molar-refractivity contribution in [3.05, 3.63) is 12.7 Å². The first kappa shape index (κ1) is 15.3. The van der Waals surface area contributed by atoms with Crippen molar-refractivity contribution in [3.8, 4) is 0 Å². The first-order valence-corrected chi connectivity index (χ1v) is 7.39. The summed E-state index contributed by atoms with van der Waals surface area (Å²) in [6, 6.07) is -0.303. The van der Waals surface area contributed by atoms with Crippen molar-refractivity contribution in [1.29, 1.82) is 0 Å². The van der Waals surface area contributed by atoms with E-state index >= 15 is 0 Å². The highest BCUT2D eigenvalue weighted by atomic mass is 32.2. The highest BCUT2D eigenvalue weighted by Gasteiger charge is 2.34. The molecule has 7 nitrogen and oxygen atoms in total. The SMILES string of the molecule is C=CCOC(=O)N1C[C@@H](S)C[C@H]1CNS(N)(=O)=O. The van der Waals surface area contributed by atoms with Crippen LogP contribution in [0.25, 0.3) is 0 Å². The Morgan fingerprint density at radius 2 is 2.33 bits per heavy atom. The Hall–Kier alpha value is -0.770. The number of thiol groups is 1. The van der Waals surface area contributed by atoms with Gasteiger partial charge in [-0.3, -0.25) is 0 Å². The molecule has 0 aromatic heterocycles. The Labute approximate surface area is 112 Å². The van der Waals surface area contributed by atoms with Crippen molar-refractivity contribution >= 4 is 28.9 Å². The quantitative estimate of drug-likeness (QED) is 0.469. The van der Waals surface area contributed by atoms with E-state index in [0.717, 1.165) is 0 Å². The maximum absolute atomic E-state index is 11.7. The lowest BCUT2D eigenvalue weighted by Gasteiger charge is -2.23. The van der Waals surface area contributed by atoms with Gasteiger partial charge in [0.25, 0.3) is 10.2 Å². The molecule has 9 heteroatoms.